The van der Waals surface area contributed by atoms with Crippen molar-refractivity contribution < 1.29 is 8.42 Å². The number of likely N-dealkylation sites (tertiary alicyclic amines) is 1. The Labute approximate surface area is 130 Å². The first-order chi connectivity index (χ1) is 10.4. The molecule has 0 spiro atoms. The van der Waals surface area contributed by atoms with Crippen LogP contribution in [0.25, 0.3) is 0 Å². The Balaban J connectivity index is 1.55. The van der Waals surface area contributed by atoms with Crippen LogP contribution in [0.4, 0.5) is 0 Å². The van der Waals surface area contributed by atoms with Gasteiger partial charge in [0.25, 0.3) is 0 Å². The molecule has 1 N–H and O–H groups in total. The molecule has 2 heterocycles. The molecule has 1 saturated heterocycles. The van der Waals surface area contributed by atoms with Crippen molar-refractivity contribution in [1.29, 1.82) is 0 Å². The van der Waals surface area contributed by atoms with Gasteiger partial charge < -0.3 is 0 Å². The third-order valence-electron chi connectivity index (χ3n) is 3.80. The van der Waals surface area contributed by atoms with Crippen LogP contribution in [-0.2, 0) is 23.6 Å². The van der Waals surface area contributed by atoms with Crippen LogP contribution >= 0.6 is 0 Å². The molecule has 7 nitrogen and oxygen atoms in total. The lowest BCUT2D eigenvalue weighted by Gasteiger charge is -2.39. The van der Waals surface area contributed by atoms with Crippen molar-refractivity contribution in [2.24, 2.45) is 7.05 Å². The second-order valence-corrected chi connectivity index (χ2v) is 7.39. The summed E-state index contributed by atoms with van der Waals surface area (Å²) in [6.07, 6.45) is 1.73. The smallest absolute Gasteiger partial charge is 0.240 e. The summed E-state index contributed by atoms with van der Waals surface area (Å²) < 4.78 is 29.0. The Morgan fingerprint density at radius 1 is 1.27 bits per heavy atom. The summed E-state index contributed by atoms with van der Waals surface area (Å²) >= 11 is 0. The lowest BCUT2D eigenvalue weighted by molar-refractivity contribution is 0.129. The first-order valence-electron chi connectivity index (χ1n) is 7.09. The fourth-order valence-electron chi connectivity index (χ4n) is 2.46. The van der Waals surface area contributed by atoms with Gasteiger partial charge in [0.05, 0.1) is 16.8 Å². The molecule has 0 unspecified atom stereocenters. The average molecular weight is 321 g/mol. The number of rotatable bonds is 5. The zero-order valence-corrected chi connectivity index (χ0v) is 13.4. The van der Waals surface area contributed by atoms with Crippen molar-refractivity contribution in [1.82, 2.24) is 24.6 Å². The fourth-order valence-corrected chi connectivity index (χ4v) is 3.68. The highest BCUT2D eigenvalue weighted by atomic mass is 32.2. The number of benzene rings is 1. The number of aryl methyl sites for hydroxylation is 2. The Hall–Kier alpha value is -1.77. The van der Waals surface area contributed by atoms with Crippen molar-refractivity contribution in [3.63, 3.8) is 0 Å². The molecule has 3 rings (SSSR count). The van der Waals surface area contributed by atoms with Gasteiger partial charge in [0.15, 0.2) is 0 Å². The molecule has 0 amide bonds. The van der Waals surface area contributed by atoms with Crippen LogP contribution in [0, 0.1) is 6.92 Å². The maximum absolute atomic E-state index is 12.3. The van der Waals surface area contributed by atoms with E-state index in [0.717, 1.165) is 17.8 Å². The maximum atomic E-state index is 12.3. The lowest BCUT2D eigenvalue weighted by atomic mass is 10.1. The standard InChI is InChI=1S/C14H19N5O2S/c1-11-3-5-14(6-4-11)22(20,21)16-12-8-19(9-12)10-13-7-15-17-18(13)2/h3-7,12,16H,8-10H2,1-2H3. The molecule has 2 aromatic rings. The van der Waals surface area contributed by atoms with E-state index in [1.165, 1.54) is 0 Å². The number of hydrogen-bond donors (Lipinski definition) is 1. The largest absolute Gasteiger partial charge is 0.294 e. The zero-order chi connectivity index (χ0) is 15.7. The monoisotopic (exact) mass is 321 g/mol. The second kappa shape index (κ2) is 5.79. The summed E-state index contributed by atoms with van der Waals surface area (Å²) in [6.45, 7) is 4.04. The summed E-state index contributed by atoms with van der Waals surface area (Å²) in [6, 6.07) is 6.83. The molecule has 1 aliphatic rings. The molecule has 0 saturated carbocycles. The van der Waals surface area contributed by atoms with E-state index in [-0.39, 0.29) is 6.04 Å². The van der Waals surface area contributed by atoms with E-state index in [1.807, 2.05) is 14.0 Å². The molecule has 1 aromatic carbocycles. The van der Waals surface area contributed by atoms with Gasteiger partial charge in [-0.05, 0) is 19.1 Å². The average Bonchev–Trinajstić information content (AvgIpc) is 2.82. The first kappa shape index (κ1) is 15.1. The van der Waals surface area contributed by atoms with E-state index in [2.05, 4.69) is 19.9 Å². The Morgan fingerprint density at radius 2 is 1.95 bits per heavy atom. The van der Waals surface area contributed by atoms with Gasteiger partial charge in [-0.15, -0.1) is 5.10 Å². The minimum absolute atomic E-state index is 0.0486. The molecule has 0 atom stereocenters. The van der Waals surface area contributed by atoms with Crippen molar-refractivity contribution in [2.45, 2.75) is 24.4 Å². The zero-order valence-electron chi connectivity index (χ0n) is 12.6. The van der Waals surface area contributed by atoms with E-state index >= 15 is 0 Å². The molecule has 0 aliphatic carbocycles. The van der Waals surface area contributed by atoms with Crippen LogP contribution in [-0.4, -0.2) is 47.4 Å². The highest BCUT2D eigenvalue weighted by Crippen LogP contribution is 2.16. The van der Waals surface area contributed by atoms with Crippen molar-refractivity contribution >= 4 is 10.0 Å². The summed E-state index contributed by atoms with van der Waals surface area (Å²) in [5.41, 5.74) is 2.05. The minimum Gasteiger partial charge on any atom is -0.294 e. The quantitative estimate of drug-likeness (QED) is 0.856. The number of hydrogen-bond acceptors (Lipinski definition) is 5. The van der Waals surface area contributed by atoms with Crippen molar-refractivity contribution in [3.8, 4) is 0 Å². The van der Waals surface area contributed by atoms with Crippen LogP contribution in [0.5, 0.6) is 0 Å². The number of aromatic nitrogens is 3. The van der Waals surface area contributed by atoms with Gasteiger partial charge in [-0.3, -0.25) is 9.58 Å². The molecule has 8 heteroatoms. The Morgan fingerprint density at radius 3 is 2.55 bits per heavy atom. The van der Waals surface area contributed by atoms with Crippen LogP contribution in [0.15, 0.2) is 35.4 Å². The normalized spacial score (nSPS) is 16.6. The van der Waals surface area contributed by atoms with Gasteiger partial charge in [-0.1, -0.05) is 22.9 Å². The molecule has 1 fully saturated rings. The van der Waals surface area contributed by atoms with Crippen LogP contribution in [0.3, 0.4) is 0 Å². The summed E-state index contributed by atoms with van der Waals surface area (Å²) in [5.74, 6) is 0. The topological polar surface area (TPSA) is 80.1 Å². The molecule has 0 radical (unpaired) electrons. The fraction of sp³-hybridized carbons (Fsp3) is 0.429. The van der Waals surface area contributed by atoms with Gasteiger partial charge >= 0.3 is 0 Å². The lowest BCUT2D eigenvalue weighted by Crippen LogP contribution is -2.58. The number of nitrogens with zero attached hydrogens (tertiary/aromatic N) is 4. The van der Waals surface area contributed by atoms with E-state index in [1.54, 1.807) is 35.1 Å². The van der Waals surface area contributed by atoms with Gasteiger partial charge in [-0.25, -0.2) is 13.1 Å². The molecule has 0 bridgehead atoms. The van der Waals surface area contributed by atoms with Crippen LogP contribution in [0.1, 0.15) is 11.3 Å². The van der Waals surface area contributed by atoms with Gasteiger partial charge in [-0.2, -0.15) is 0 Å². The second-order valence-electron chi connectivity index (χ2n) is 5.67. The first-order valence-corrected chi connectivity index (χ1v) is 8.57. The van der Waals surface area contributed by atoms with E-state index < -0.39 is 10.0 Å². The van der Waals surface area contributed by atoms with Crippen molar-refractivity contribution in [2.75, 3.05) is 13.1 Å². The Bertz CT molecular complexity index is 748. The molecular weight excluding hydrogens is 302 g/mol. The summed E-state index contributed by atoms with van der Waals surface area (Å²) in [7, 11) is -1.59. The molecular formula is C14H19N5O2S. The SMILES string of the molecule is Cc1ccc(S(=O)(=O)NC2CN(Cc3cnnn3C)C2)cc1. The molecule has 1 aliphatic heterocycles. The maximum Gasteiger partial charge on any atom is 0.240 e. The van der Waals surface area contributed by atoms with E-state index in [9.17, 15) is 8.42 Å². The highest BCUT2D eigenvalue weighted by Gasteiger charge is 2.31. The molecule has 22 heavy (non-hydrogen) atoms. The highest BCUT2D eigenvalue weighted by molar-refractivity contribution is 7.89. The predicted octanol–water partition coefficient (Wildman–Crippen LogP) is 0.286. The van der Waals surface area contributed by atoms with E-state index in [4.69, 9.17) is 0 Å². The van der Waals surface area contributed by atoms with Gasteiger partial charge in [0.1, 0.15) is 0 Å². The van der Waals surface area contributed by atoms with E-state index in [0.29, 0.717) is 18.0 Å². The Kier molecular flexibility index (Phi) is 3.98. The van der Waals surface area contributed by atoms with Gasteiger partial charge in [0, 0.05) is 32.7 Å². The van der Waals surface area contributed by atoms with Gasteiger partial charge in [0.2, 0.25) is 10.0 Å². The molecule has 118 valence electrons. The third kappa shape index (κ3) is 3.18. The predicted molar refractivity (Wildman–Crippen MR) is 81.6 cm³/mol. The summed E-state index contributed by atoms with van der Waals surface area (Å²) in [5, 5.41) is 7.71. The van der Waals surface area contributed by atoms with Crippen molar-refractivity contribution in [3.05, 3.63) is 41.7 Å². The number of nitrogens with one attached hydrogen (secondary N) is 1. The summed E-state index contributed by atoms with van der Waals surface area (Å²) in [4.78, 5) is 2.47. The van der Waals surface area contributed by atoms with Crippen LogP contribution < -0.4 is 4.72 Å². The third-order valence-corrected chi connectivity index (χ3v) is 5.34. The van der Waals surface area contributed by atoms with Crippen LogP contribution in [0.2, 0.25) is 0 Å². The molecule has 1 aromatic heterocycles. The number of sulfonamides is 1. The minimum atomic E-state index is -3.44.